The minimum atomic E-state index is -0.00190. The summed E-state index contributed by atoms with van der Waals surface area (Å²) in [4.78, 5) is 17.6. The van der Waals surface area contributed by atoms with Gasteiger partial charge in [0.05, 0.1) is 0 Å². The lowest BCUT2D eigenvalue weighted by molar-refractivity contribution is -0.127. The number of hydrogen-bond acceptors (Lipinski definition) is 3. The summed E-state index contributed by atoms with van der Waals surface area (Å²) in [7, 11) is 3.48. The van der Waals surface area contributed by atoms with Gasteiger partial charge in [-0.3, -0.25) is 4.79 Å². The van der Waals surface area contributed by atoms with Crippen LogP contribution in [0.15, 0.2) is 4.99 Å². The van der Waals surface area contributed by atoms with Gasteiger partial charge in [0.15, 0.2) is 5.96 Å². The van der Waals surface area contributed by atoms with Crippen LogP contribution in [0.25, 0.3) is 0 Å². The fraction of sp³-hybridized carbons (Fsp3) is 0.875. The Bertz CT molecular complexity index is 315. The fourth-order valence-corrected chi connectivity index (χ4v) is 1.81. The van der Waals surface area contributed by atoms with Crippen LogP contribution in [0.4, 0.5) is 0 Å². The van der Waals surface area contributed by atoms with E-state index < -0.39 is 0 Å². The van der Waals surface area contributed by atoms with Gasteiger partial charge >= 0.3 is 0 Å². The van der Waals surface area contributed by atoms with E-state index in [0.717, 1.165) is 45.6 Å². The van der Waals surface area contributed by atoms with E-state index in [4.69, 9.17) is 4.74 Å². The van der Waals surface area contributed by atoms with Gasteiger partial charge in [0.2, 0.25) is 5.91 Å². The Labute approximate surface area is 135 Å². The van der Waals surface area contributed by atoms with Crippen molar-refractivity contribution >= 4 is 11.9 Å². The summed E-state index contributed by atoms with van der Waals surface area (Å²) in [6.45, 7) is 9.67. The number of rotatable bonds is 11. The third kappa shape index (κ3) is 10.4. The normalized spacial score (nSPS) is 11.6. The van der Waals surface area contributed by atoms with Gasteiger partial charge in [-0.25, -0.2) is 4.99 Å². The Balaban J connectivity index is 4.35. The second-order valence-corrected chi connectivity index (χ2v) is 5.49. The Morgan fingerprint density at radius 1 is 1.18 bits per heavy atom. The molecule has 0 rings (SSSR count). The summed E-state index contributed by atoms with van der Waals surface area (Å²) in [5.74, 6) is 1.33. The first kappa shape index (κ1) is 20.7. The van der Waals surface area contributed by atoms with Gasteiger partial charge in [-0.05, 0) is 19.3 Å². The standard InChI is InChI=1S/C16H34N4O2/c1-6-14(7-2)12-18-16(17-10-9-11-22-8-3)19-13-15(21)20(4)5/h14H,6-13H2,1-5H3,(H2,17,18,19). The topological polar surface area (TPSA) is 66.0 Å². The number of likely N-dealkylation sites (N-methyl/N-ethyl adjacent to an activating group) is 1. The molecule has 0 bridgehead atoms. The molecule has 6 heteroatoms. The molecule has 0 saturated carbocycles. The lowest BCUT2D eigenvalue weighted by atomic mass is 10.0. The molecule has 0 aliphatic carbocycles. The number of ether oxygens (including phenoxy) is 1. The highest BCUT2D eigenvalue weighted by Gasteiger charge is 2.07. The number of aliphatic imine (C=N–C) groups is 1. The molecule has 22 heavy (non-hydrogen) atoms. The van der Waals surface area contributed by atoms with Crippen LogP contribution >= 0.6 is 0 Å². The largest absolute Gasteiger partial charge is 0.382 e. The van der Waals surface area contributed by atoms with Crippen LogP contribution in [0.3, 0.4) is 0 Å². The molecule has 0 heterocycles. The molecule has 0 saturated heterocycles. The van der Waals surface area contributed by atoms with Gasteiger partial charge in [-0.15, -0.1) is 0 Å². The van der Waals surface area contributed by atoms with E-state index in [1.54, 1.807) is 19.0 Å². The lowest BCUT2D eigenvalue weighted by Gasteiger charge is -2.17. The monoisotopic (exact) mass is 314 g/mol. The molecule has 0 atom stereocenters. The fourth-order valence-electron chi connectivity index (χ4n) is 1.81. The SMILES string of the molecule is CCOCCCNC(=NCC(=O)N(C)C)NCC(CC)CC. The maximum Gasteiger partial charge on any atom is 0.243 e. The van der Waals surface area contributed by atoms with Crippen molar-refractivity contribution in [1.82, 2.24) is 15.5 Å². The van der Waals surface area contributed by atoms with Crippen molar-refractivity contribution in [3.8, 4) is 0 Å². The van der Waals surface area contributed by atoms with Crippen molar-refractivity contribution < 1.29 is 9.53 Å². The van der Waals surface area contributed by atoms with Crippen LogP contribution in [0, 0.1) is 5.92 Å². The number of carbonyl (C=O) groups excluding carboxylic acids is 1. The lowest BCUT2D eigenvalue weighted by Crippen LogP contribution is -2.41. The predicted octanol–water partition coefficient (Wildman–Crippen LogP) is 1.47. The second-order valence-electron chi connectivity index (χ2n) is 5.49. The van der Waals surface area contributed by atoms with Gasteiger partial charge < -0.3 is 20.3 Å². The molecule has 0 aromatic carbocycles. The van der Waals surface area contributed by atoms with Crippen molar-refractivity contribution in [2.75, 3.05) is 46.9 Å². The third-order valence-corrected chi connectivity index (χ3v) is 3.55. The molecule has 0 radical (unpaired) electrons. The van der Waals surface area contributed by atoms with E-state index >= 15 is 0 Å². The van der Waals surface area contributed by atoms with E-state index in [0.29, 0.717) is 11.9 Å². The molecule has 0 fully saturated rings. The zero-order valence-corrected chi connectivity index (χ0v) is 14.9. The Hall–Kier alpha value is -1.30. The van der Waals surface area contributed by atoms with Crippen molar-refractivity contribution in [3.05, 3.63) is 0 Å². The van der Waals surface area contributed by atoms with E-state index in [1.165, 1.54) is 0 Å². The molecule has 0 aromatic heterocycles. The maximum atomic E-state index is 11.7. The smallest absolute Gasteiger partial charge is 0.243 e. The molecule has 0 spiro atoms. The zero-order valence-electron chi connectivity index (χ0n) is 14.9. The minimum absolute atomic E-state index is 0.00190. The Morgan fingerprint density at radius 3 is 2.41 bits per heavy atom. The number of nitrogens with zero attached hydrogens (tertiary/aromatic N) is 2. The van der Waals surface area contributed by atoms with Gasteiger partial charge in [-0.1, -0.05) is 26.7 Å². The molecule has 6 nitrogen and oxygen atoms in total. The molecular formula is C16H34N4O2. The van der Waals surface area contributed by atoms with Crippen molar-refractivity contribution in [1.29, 1.82) is 0 Å². The summed E-state index contributed by atoms with van der Waals surface area (Å²) in [6.07, 6.45) is 3.19. The second kappa shape index (κ2) is 13.4. The average molecular weight is 314 g/mol. The first-order chi connectivity index (χ1) is 10.5. The number of amides is 1. The first-order valence-corrected chi connectivity index (χ1v) is 8.35. The first-order valence-electron chi connectivity index (χ1n) is 8.35. The molecule has 1 amide bonds. The van der Waals surface area contributed by atoms with E-state index in [9.17, 15) is 4.79 Å². The van der Waals surface area contributed by atoms with E-state index in [1.807, 2.05) is 6.92 Å². The van der Waals surface area contributed by atoms with Gasteiger partial charge in [-0.2, -0.15) is 0 Å². The van der Waals surface area contributed by atoms with E-state index in [-0.39, 0.29) is 12.5 Å². The van der Waals surface area contributed by atoms with E-state index in [2.05, 4.69) is 29.5 Å². The van der Waals surface area contributed by atoms with Crippen molar-refractivity contribution in [2.45, 2.75) is 40.0 Å². The van der Waals surface area contributed by atoms with Gasteiger partial charge in [0.1, 0.15) is 6.54 Å². The molecule has 0 aromatic rings. The molecule has 2 N–H and O–H groups in total. The predicted molar refractivity (Wildman–Crippen MR) is 92.2 cm³/mol. The van der Waals surface area contributed by atoms with Crippen molar-refractivity contribution in [3.63, 3.8) is 0 Å². The van der Waals surface area contributed by atoms with Crippen LogP contribution in [0.5, 0.6) is 0 Å². The van der Waals surface area contributed by atoms with Crippen molar-refractivity contribution in [2.24, 2.45) is 10.9 Å². The third-order valence-electron chi connectivity index (χ3n) is 3.55. The maximum absolute atomic E-state index is 11.7. The minimum Gasteiger partial charge on any atom is -0.382 e. The Kier molecular flexibility index (Phi) is 12.6. The molecule has 130 valence electrons. The summed E-state index contributed by atoms with van der Waals surface area (Å²) >= 11 is 0. The quantitative estimate of drug-likeness (QED) is 0.344. The highest BCUT2D eigenvalue weighted by Crippen LogP contribution is 2.04. The number of guanidine groups is 1. The summed E-state index contributed by atoms with van der Waals surface area (Å²) in [5, 5.41) is 6.60. The highest BCUT2D eigenvalue weighted by atomic mass is 16.5. The number of carbonyl (C=O) groups is 1. The summed E-state index contributed by atoms with van der Waals surface area (Å²) in [5.41, 5.74) is 0. The zero-order chi connectivity index (χ0) is 16.8. The summed E-state index contributed by atoms with van der Waals surface area (Å²) in [6, 6.07) is 0. The summed E-state index contributed by atoms with van der Waals surface area (Å²) < 4.78 is 5.32. The van der Waals surface area contributed by atoms with Gasteiger partial charge in [0, 0.05) is 40.4 Å². The number of nitrogens with one attached hydrogen (secondary N) is 2. The van der Waals surface area contributed by atoms with Crippen LogP contribution in [-0.2, 0) is 9.53 Å². The molecule has 0 aliphatic rings. The average Bonchev–Trinajstić information content (AvgIpc) is 2.51. The highest BCUT2D eigenvalue weighted by molar-refractivity contribution is 5.84. The molecular weight excluding hydrogens is 280 g/mol. The number of hydrogen-bond donors (Lipinski definition) is 2. The van der Waals surface area contributed by atoms with Crippen LogP contribution < -0.4 is 10.6 Å². The molecule has 0 aliphatic heterocycles. The molecule has 0 unspecified atom stereocenters. The Morgan fingerprint density at radius 2 is 1.86 bits per heavy atom. The van der Waals surface area contributed by atoms with Crippen LogP contribution in [0.2, 0.25) is 0 Å². The van der Waals surface area contributed by atoms with Gasteiger partial charge in [0.25, 0.3) is 0 Å². The van der Waals surface area contributed by atoms with Crippen LogP contribution in [0.1, 0.15) is 40.0 Å². The van der Waals surface area contributed by atoms with Crippen LogP contribution in [-0.4, -0.2) is 63.7 Å².